The summed E-state index contributed by atoms with van der Waals surface area (Å²) in [6.45, 7) is 1.57. The lowest BCUT2D eigenvalue weighted by molar-refractivity contribution is -0.147. The topological polar surface area (TPSA) is 162 Å². The molecular formula is C29H25FN6O6. The summed E-state index contributed by atoms with van der Waals surface area (Å²) in [5, 5.41) is 19.4. The lowest BCUT2D eigenvalue weighted by Gasteiger charge is -2.09. The number of halogens is 1. The molecule has 12 nitrogen and oxygen atoms in total. The Labute approximate surface area is 238 Å². The van der Waals surface area contributed by atoms with E-state index >= 15 is 0 Å². The number of hydrogen-bond donors (Lipinski definition) is 2. The zero-order chi connectivity index (χ0) is 30.1. The summed E-state index contributed by atoms with van der Waals surface area (Å²) >= 11 is 0. The Bertz CT molecular complexity index is 1670. The van der Waals surface area contributed by atoms with Crippen molar-refractivity contribution < 1.29 is 33.1 Å². The number of benzene rings is 2. The van der Waals surface area contributed by atoms with E-state index in [0.29, 0.717) is 28.2 Å². The third-order valence-electron chi connectivity index (χ3n) is 5.86. The number of anilines is 1. The summed E-state index contributed by atoms with van der Waals surface area (Å²) in [6.07, 6.45) is 2.87. The second-order valence-corrected chi connectivity index (χ2v) is 8.72. The fourth-order valence-electron chi connectivity index (χ4n) is 3.64. The summed E-state index contributed by atoms with van der Waals surface area (Å²) in [7, 11) is 1.21. The van der Waals surface area contributed by atoms with Crippen molar-refractivity contribution >= 4 is 23.7 Å². The molecule has 0 radical (unpaired) electrons. The van der Waals surface area contributed by atoms with E-state index in [1.807, 2.05) is 0 Å². The number of ether oxygens (including phenoxy) is 1. The summed E-state index contributed by atoms with van der Waals surface area (Å²) in [5.74, 6) is -3.07. The van der Waals surface area contributed by atoms with Crippen LogP contribution in [0.15, 0.2) is 89.8 Å². The molecule has 214 valence electrons. The predicted molar refractivity (Wildman–Crippen MR) is 147 cm³/mol. The summed E-state index contributed by atoms with van der Waals surface area (Å²) in [4.78, 5) is 42.6. The van der Waals surface area contributed by atoms with Crippen molar-refractivity contribution in [2.75, 3.05) is 12.4 Å². The first-order chi connectivity index (χ1) is 20.3. The van der Waals surface area contributed by atoms with Gasteiger partial charge in [-0.2, -0.15) is 5.10 Å². The van der Waals surface area contributed by atoms with Gasteiger partial charge in [-0.1, -0.05) is 41.6 Å². The van der Waals surface area contributed by atoms with Crippen molar-refractivity contribution in [3.63, 3.8) is 0 Å². The fraction of sp³-hybridized carbons (Fsp3) is 0.138. The first-order valence-corrected chi connectivity index (χ1v) is 12.5. The maximum Gasteiger partial charge on any atom is 0.335 e. The van der Waals surface area contributed by atoms with E-state index in [1.165, 1.54) is 38.6 Å². The number of methoxy groups -OCH3 is 1. The van der Waals surface area contributed by atoms with Gasteiger partial charge in [0.1, 0.15) is 35.2 Å². The fourth-order valence-corrected chi connectivity index (χ4v) is 3.64. The zero-order valence-electron chi connectivity index (χ0n) is 22.5. The number of carbonyl (C=O) groups excluding carboxylic acids is 2. The molecule has 3 heterocycles. The number of rotatable bonds is 8. The van der Waals surface area contributed by atoms with E-state index in [9.17, 15) is 18.8 Å². The molecule has 0 fully saturated rings. The Morgan fingerprint density at radius 1 is 1.05 bits per heavy atom. The molecule has 42 heavy (non-hydrogen) atoms. The van der Waals surface area contributed by atoms with Gasteiger partial charge in [0.05, 0.1) is 24.9 Å². The molecule has 0 aliphatic carbocycles. The van der Waals surface area contributed by atoms with Gasteiger partial charge in [0.25, 0.3) is 0 Å². The first kappa shape index (κ1) is 29.3. The Hall–Kier alpha value is -5.72. The first-order valence-electron chi connectivity index (χ1n) is 12.5. The Balaban J connectivity index is 0.000000385. The molecule has 0 aliphatic heterocycles. The van der Waals surface area contributed by atoms with Crippen LogP contribution in [-0.4, -0.2) is 55.0 Å². The predicted octanol–water partition coefficient (Wildman–Crippen LogP) is 4.31. The Morgan fingerprint density at radius 2 is 1.79 bits per heavy atom. The monoisotopic (exact) mass is 572 g/mol. The Morgan fingerprint density at radius 3 is 2.43 bits per heavy atom. The molecular weight excluding hydrogens is 547 g/mol. The maximum atomic E-state index is 14.2. The number of carboxylic acids is 1. The molecule has 2 aromatic carbocycles. The van der Waals surface area contributed by atoms with Gasteiger partial charge in [0.15, 0.2) is 5.82 Å². The van der Waals surface area contributed by atoms with Crippen LogP contribution in [0.25, 0.3) is 22.9 Å². The van der Waals surface area contributed by atoms with Crippen LogP contribution < -0.4 is 5.32 Å². The highest BCUT2D eigenvalue weighted by Gasteiger charge is 2.23. The summed E-state index contributed by atoms with van der Waals surface area (Å²) < 4.78 is 25.3. The van der Waals surface area contributed by atoms with Crippen LogP contribution in [0.5, 0.6) is 0 Å². The lowest BCUT2D eigenvalue weighted by atomic mass is 10.2. The highest BCUT2D eigenvalue weighted by Crippen LogP contribution is 2.25. The Kier molecular flexibility index (Phi) is 9.45. The molecule has 13 heteroatoms. The molecule has 0 bridgehead atoms. The van der Waals surface area contributed by atoms with Crippen molar-refractivity contribution in [2.45, 2.75) is 13.5 Å². The molecule has 5 aromatic rings. The second kappa shape index (κ2) is 13.6. The number of amides is 1. The standard InChI is InChI=1S/C22H19FN6O4.C7H6O2/c1-13(22(31)32-2)21(30)26-19-7-9-24-20(25-19)17-11-18(16-8-10-33-28-16)29(27-17)12-14-5-3-4-6-15(14)23;8-7(9)6-4-2-1-3-5-6/h3-11,13H,12H2,1-2H3,(H,24,25,26,30);1-5H,(H,8,9). The normalized spacial score (nSPS) is 11.1. The summed E-state index contributed by atoms with van der Waals surface area (Å²) in [6, 6.07) is 19.5. The van der Waals surface area contributed by atoms with Crippen LogP contribution in [0.4, 0.5) is 10.2 Å². The van der Waals surface area contributed by atoms with Gasteiger partial charge in [-0.15, -0.1) is 0 Å². The second-order valence-electron chi connectivity index (χ2n) is 8.72. The van der Waals surface area contributed by atoms with Gasteiger partial charge in [-0.25, -0.2) is 19.2 Å². The molecule has 1 unspecified atom stereocenters. The molecule has 1 atom stereocenters. The molecule has 0 saturated heterocycles. The van der Waals surface area contributed by atoms with Gasteiger partial charge in [-0.3, -0.25) is 14.3 Å². The van der Waals surface area contributed by atoms with E-state index < -0.39 is 23.8 Å². The van der Waals surface area contributed by atoms with E-state index in [1.54, 1.807) is 65.3 Å². The van der Waals surface area contributed by atoms with Crippen LogP contribution in [0, 0.1) is 11.7 Å². The number of aromatic carboxylic acids is 1. The third-order valence-corrected chi connectivity index (χ3v) is 5.86. The van der Waals surface area contributed by atoms with Gasteiger partial charge >= 0.3 is 11.9 Å². The average molecular weight is 573 g/mol. The third kappa shape index (κ3) is 7.27. The van der Waals surface area contributed by atoms with E-state index in [-0.39, 0.29) is 24.0 Å². The van der Waals surface area contributed by atoms with Crippen molar-refractivity contribution in [3.8, 4) is 22.9 Å². The zero-order valence-corrected chi connectivity index (χ0v) is 22.5. The molecule has 5 rings (SSSR count). The largest absolute Gasteiger partial charge is 0.478 e. The molecule has 0 saturated carbocycles. The van der Waals surface area contributed by atoms with E-state index in [2.05, 4.69) is 30.3 Å². The van der Waals surface area contributed by atoms with Crippen molar-refractivity contribution in [1.82, 2.24) is 24.9 Å². The maximum absolute atomic E-state index is 14.2. The summed E-state index contributed by atoms with van der Waals surface area (Å²) in [5.41, 5.74) is 2.22. The minimum atomic E-state index is -1.01. The smallest absolute Gasteiger partial charge is 0.335 e. The van der Waals surface area contributed by atoms with Crippen LogP contribution in [-0.2, 0) is 20.9 Å². The van der Waals surface area contributed by atoms with Crippen LogP contribution in [0.1, 0.15) is 22.8 Å². The highest BCUT2D eigenvalue weighted by molar-refractivity contribution is 6.04. The number of carbonyl (C=O) groups is 3. The molecule has 2 N–H and O–H groups in total. The minimum Gasteiger partial charge on any atom is -0.478 e. The van der Waals surface area contributed by atoms with Crippen LogP contribution >= 0.6 is 0 Å². The van der Waals surface area contributed by atoms with Gasteiger partial charge in [0.2, 0.25) is 5.91 Å². The van der Waals surface area contributed by atoms with Gasteiger partial charge in [0, 0.05) is 17.8 Å². The number of carboxylic acid groups (broad SMARTS) is 1. The van der Waals surface area contributed by atoms with Gasteiger partial charge < -0.3 is 19.7 Å². The van der Waals surface area contributed by atoms with Crippen LogP contribution in [0.2, 0.25) is 0 Å². The number of aromatic nitrogens is 5. The average Bonchev–Trinajstić information content (AvgIpc) is 3.69. The van der Waals surface area contributed by atoms with Crippen molar-refractivity contribution in [1.29, 1.82) is 0 Å². The SMILES string of the molecule is COC(=O)C(C)C(=O)Nc1ccnc(-c2cc(-c3ccon3)n(Cc3ccccc3F)n2)n1.O=C(O)c1ccccc1. The highest BCUT2D eigenvalue weighted by atomic mass is 19.1. The number of nitrogens with one attached hydrogen (secondary N) is 1. The lowest BCUT2D eigenvalue weighted by Crippen LogP contribution is -2.28. The van der Waals surface area contributed by atoms with Crippen LogP contribution in [0.3, 0.4) is 0 Å². The number of nitrogens with zero attached hydrogens (tertiary/aromatic N) is 5. The van der Waals surface area contributed by atoms with E-state index in [0.717, 1.165) is 0 Å². The molecule has 3 aromatic heterocycles. The molecule has 1 amide bonds. The quantitative estimate of drug-likeness (QED) is 0.202. The van der Waals surface area contributed by atoms with E-state index in [4.69, 9.17) is 9.63 Å². The molecule has 0 aliphatic rings. The molecule has 0 spiro atoms. The number of hydrogen-bond acceptors (Lipinski definition) is 9. The van der Waals surface area contributed by atoms with Crippen molar-refractivity contribution in [2.24, 2.45) is 5.92 Å². The van der Waals surface area contributed by atoms with Gasteiger partial charge in [-0.05, 0) is 37.3 Å². The number of esters is 1. The minimum absolute atomic E-state index is 0.141. The van der Waals surface area contributed by atoms with Crippen molar-refractivity contribution in [3.05, 3.63) is 102 Å².